The summed E-state index contributed by atoms with van der Waals surface area (Å²) in [7, 11) is 0. The zero-order valence-electron chi connectivity index (χ0n) is 21.6. The number of furan rings is 1. The minimum atomic E-state index is -0.934. The fourth-order valence-electron chi connectivity index (χ4n) is 4.41. The van der Waals surface area contributed by atoms with Crippen molar-refractivity contribution in [3.05, 3.63) is 114 Å². The second-order valence-electron chi connectivity index (χ2n) is 8.94. The van der Waals surface area contributed by atoms with E-state index >= 15 is 0 Å². The van der Waals surface area contributed by atoms with Gasteiger partial charge in [-0.1, -0.05) is 59.8 Å². The maximum absolute atomic E-state index is 13.9. The molecule has 0 saturated heterocycles. The third kappa shape index (κ3) is 6.15. The second kappa shape index (κ2) is 12.1. The van der Waals surface area contributed by atoms with Crippen molar-refractivity contribution in [2.24, 2.45) is 0 Å². The Hall–Kier alpha value is -4.92. The van der Waals surface area contributed by atoms with Crippen molar-refractivity contribution in [3.8, 4) is 5.75 Å². The number of hydrogen-bond acceptors (Lipinski definition) is 6. The van der Waals surface area contributed by atoms with E-state index in [0.29, 0.717) is 35.7 Å². The Kier molecular flexibility index (Phi) is 7.97. The number of carbonyl (C=O) groups excluding carboxylic acids is 2. The first-order valence-electron chi connectivity index (χ1n) is 12.8. The van der Waals surface area contributed by atoms with Gasteiger partial charge in [0.05, 0.1) is 24.9 Å². The van der Waals surface area contributed by atoms with Crippen molar-refractivity contribution < 1.29 is 18.7 Å². The molecule has 0 aliphatic heterocycles. The Bertz CT molecular complexity index is 1510. The molecule has 0 radical (unpaired) electrons. The van der Waals surface area contributed by atoms with Crippen LogP contribution in [0, 0.1) is 0 Å². The number of carbonyl (C=O) groups is 2. The molecule has 0 aliphatic carbocycles. The molecule has 198 valence electrons. The van der Waals surface area contributed by atoms with E-state index in [-0.39, 0.29) is 24.9 Å². The normalized spacial score (nSPS) is 11.7. The summed E-state index contributed by atoms with van der Waals surface area (Å²) in [4.78, 5) is 29.3. The topological polar surface area (TPSA) is 102 Å². The minimum Gasteiger partial charge on any atom is -0.494 e. The molecule has 3 aromatic carbocycles. The zero-order chi connectivity index (χ0) is 27.0. The Labute approximate surface area is 226 Å². The minimum absolute atomic E-state index is 0.0924. The molecule has 0 fully saturated rings. The van der Waals surface area contributed by atoms with E-state index in [0.717, 1.165) is 11.1 Å². The number of amides is 2. The molecule has 0 bridgehead atoms. The molecule has 39 heavy (non-hydrogen) atoms. The lowest BCUT2D eigenvalue weighted by Gasteiger charge is -2.31. The summed E-state index contributed by atoms with van der Waals surface area (Å²) >= 11 is 0. The standard InChI is InChI=1S/C30H29N5O4/c1-2-38-24-16-14-23(15-17-24)29(30(37)31-19-22-9-4-3-5-10-22)34(20-25-11-8-18-39-25)28(36)21-35-27-13-7-6-12-26(27)32-33-35/h3-18,29H,2,19-21H2,1H3,(H,31,37). The highest BCUT2D eigenvalue weighted by atomic mass is 16.5. The predicted octanol–water partition coefficient (Wildman–Crippen LogP) is 4.51. The van der Waals surface area contributed by atoms with Crippen LogP contribution in [0.4, 0.5) is 0 Å². The number of fused-ring (bicyclic) bond motifs is 1. The van der Waals surface area contributed by atoms with Crippen molar-refractivity contribution in [1.82, 2.24) is 25.2 Å². The van der Waals surface area contributed by atoms with Crippen LogP contribution in [0.2, 0.25) is 0 Å². The number of hydrogen-bond donors (Lipinski definition) is 1. The quantitative estimate of drug-likeness (QED) is 0.273. The molecule has 0 aliphatic rings. The second-order valence-corrected chi connectivity index (χ2v) is 8.94. The third-order valence-corrected chi connectivity index (χ3v) is 6.31. The lowest BCUT2D eigenvalue weighted by molar-refractivity contribution is -0.142. The molecule has 5 aromatic rings. The third-order valence-electron chi connectivity index (χ3n) is 6.31. The summed E-state index contributed by atoms with van der Waals surface area (Å²) in [6.07, 6.45) is 1.55. The number of aromatic nitrogens is 3. The number of ether oxygens (including phenoxy) is 1. The molecule has 2 heterocycles. The molecule has 2 amide bonds. The van der Waals surface area contributed by atoms with Crippen LogP contribution in [0.3, 0.4) is 0 Å². The fourth-order valence-corrected chi connectivity index (χ4v) is 4.41. The van der Waals surface area contributed by atoms with Crippen LogP contribution in [-0.2, 0) is 29.2 Å². The van der Waals surface area contributed by atoms with E-state index < -0.39 is 6.04 Å². The van der Waals surface area contributed by atoms with Gasteiger partial charge in [-0.15, -0.1) is 5.10 Å². The molecular formula is C30H29N5O4. The summed E-state index contributed by atoms with van der Waals surface area (Å²) in [5, 5.41) is 11.4. The van der Waals surface area contributed by atoms with Gasteiger partial charge in [-0.3, -0.25) is 9.59 Å². The van der Waals surface area contributed by atoms with Gasteiger partial charge in [-0.25, -0.2) is 4.68 Å². The maximum atomic E-state index is 13.9. The molecule has 1 atom stereocenters. The lowest BCUT2D eigenvalue weighted by Crippen LogP contribution is -2.44. The van der Waals surface area contributed by atoms with Crippen LogP contribution in [0.5, 0.6) is 5.75 Å². The van der Waals surface area contributed by atoms with Gasteiger partial charge in [0.15, 0.2) is 0 Å². The molecule has 9 heteroatoms. The van der Waals surface area contributed by atoms with Crippen LogP contribution in [-0.4, -0.2) is 38.3 Å². The van der Waals surface area contributed by atoms with E-state index in [1.807, 2.05) is 73.7 Å². The average molecular weight is 524 g/mol. The van der Waals surface area contributed by atoms with Crippen LogP contribution < -0.4 is 10.1 Å². The summed E-state index contributed by atoms with van der Waals surface area (Å²) in [6, 6.07) is 26.9. The van der Waals surface area contributed by atoms with Gasteiger partial charge >= 0.3 is 0 Å². The number of nitrogens with one attached hydrogen (secondary N) is 1. The molecule has 5 rings (SSSR count). The number of nitrogens with zero attached hydrogens (tertiary/aromatic N) is 4. The van der Waals surface area contributed by atoms with Gasteiger partial charge in [0.1, 0.15) is 29.6 Å². The highest BCUT2D eigenvalue weighted by Crippen LogP contribution is 2.27. The molecule has 1 N–H and O–H groups in total. The van der Waals surface area contributed by atoms with Crippen molar-refractivity contribution in [2.45, 2.75) is 32.6 Å². The highest BCUT2D eigenvalue weighted by molar-refractivity contribution is 5.89. The Morgan fingerprint density at radius 3 is 2.49 bits per heavy atom. The van der Waals surface area contributed by atoms with Gasteiger partial charge in [-0.05, 0) is 54.4 Å². The van der Waals surface area contributed by atoms with Gasteiger partial charge in [-0.2, -0.15) is 0 Å². The van der Waals surface area contributed by atoms with Crippen LogP contribution in [0.15, 0.2) is 102 Å². The summed E-state index contributed by atoms with van der Waals surface area (Å²) < 4.78 is 12.7. The average Bonchev–Trinajstić information content (AvgIpc) is 3.63. The number of para-hydroxylation sites is 1. The van der Waals surface area contributed by atoms with E-state index in [9.17, 15) is 9.59 Å². The van der Waals surface area contributed by atoms with Gasteiger partial charge in [0.2, 0.25) is 11.8 Å². The smallest absolute Gasteiger partial charge is 0.247 e. The molecule has 0 saturated carbocycles. The Morgan fingerprint density at radius 2 is 1.74 bits per heavy atom. The van der Waals surface area contributed by atoms with E-state index in [1.54, 1.807) is 35.2 Å². The van der Waals surface area contributed by atoms with Crippen molar-refractivity contribution in [2.75, 3.05) is 6.61 Å². The highest BCUT2D eigenvalue weighted by Gasteiger charge is 2.32. The molecule has 9 nitrogen and oxygen atoms in total. The summed E-state index contributed by atoms with van der Waals surface area (Å²) in [6.45, 7) is 2.75. The predicted molar refractivity (Wildman–Crippen MR) is 145 cm³/mol. The van der Waals surface area contributed by atoms with Crippen molar-refractivity contribution in [3.63, 3.8) is 0 Å². The lowest BCUT2D eigenvalue weighted by atomic mass is 10.0. The number of rotatable bonds is 11. The largest absolute Gasteiger partial charge is 0.494 e. The van der Waals surface area contributed by atoms with Crippen molar-refractivity contribution >= 4 is 22.8 Å². The van der Waals surface area contributed by atoms with Gasteiger partial charge < -0.3 is 19.4 Å². The first-order chi connectivity index (χ1) is 19.1. The summed E-state index contributed by atoms with van der Waals surface area (Å²) in [5.74, 6) is 0.614. The first-order valence-corrected chi connectivity index (χ1v) is 12.8. The summed E-state index contributed by atoms with van der Waals surface area (Å²) in [5.41, 5.74) is 3.02. The zero-order valence-corrected chi connectivity index (χ0v) is 21.6. The monoisotopic (exact) mass is 523 g/mol. The van der Waals surface area contributed by atoms with Gasteiger partial charge in [0.25, 0.3) is 0 Å². The van der Waals surface area contributed by atoms with Crippen molar-refractivity contribution in [1.29, 1.82) is 0 Å². The van der Waals surface area contributed by atoms with Crippen LogP contribution in [0.1, 0.15) is 29.9 Å². The fraction of sp³-hybridized carbons (Fsp3) is 0.200. The maximum Gasteiger partial charge on any atom is 0.247 e. The molecule has 1 unspecified atom stereocenters. The van der Waals surface area contributed by atoms with E-state index in [1.165, 1.54) is 4.90 Å². The van der Waals surface area contributed by atoms with Crippen LogP contribution >= 0.6 is 0 Å². The molecule has 2 aromatic heterocycles. The molecular weight excluding hydrogens is 494 g/mol. The number of benzene rings is 3. The first kappa shape index (κ1) is 25.7. The Morgan fingerprint density at radius 1 is 0.974 bits per heavy atom. The van der Waals surface area contributed by atoms with Gasteiger partial charge in [0, 0.05) is 6.54 Å². The molecule has 0 spiro atoms. The van der Waals surface area contributed by atoms with E-state index in [2.05, 4.69) is 15.6 Å². The Balaban J connectivity index is 1.49. The van der Waals surface area contributed by atoms with E-state index in [4.69, 9.17) is 9.15 Å². The van der Waals surface area contributed by atoms with Crippen LogP contribution in [0.25, 0.3) is 11.0 Å². The SMILES string of the molecule is CCOc1ccc(C(C(=O)NCc2ccccc2)N(Cc2ccco2)C(=O)Cn2nnc3ccccc32)cc1.